The van der Waals surface area contributed by atoms with E-state index in [4.69, 9.17) is 11.6 Å². The second-order valence-corrected chi connectivity index (χ2v) is 6.38. The van der Waals surface area contributed by atoms with Crippen molar-refractivity contribution in [2.75, 3.05) is 11.9 Å². The molecule has 0 bridgehead atoms. The zero-order chi connectivity index (χ0) is 14.8. The molecule has 2 rings (SSSR count). The van der Waals surface area contributed by atoms with Crippen LogP contribution in [0.2, 0.25) is 5.02 Å². The fourth-order valence-electron chi connectivity index (χ4n) is 1.78. The van der Waals surface area contributed by atoms with E-state index < -0.39 is 5.60 Å². The Morgan fingerprint density at radius 3 is 2.70 bits per heavy atom. The highest BCUT2D eigenvalue weighted by molar-refractivity contribution is 7.09. The molecule has 20 heavy (non-hydrogen) atoms. The van der Waals surface area contributed by atoms with Crippen LogP contribution in [-0.4, -0.2) is 21.0 Å². The van der Waals surface area contributed by atoms with Gasteiger partial charge in [0.05, 0.1) is 0 Å². The first-order valence-corrected chi connectivity index (χ1v) is 7.60. The Morgan fingerprint density at radius 1 is 1.40 bits per heavy atom. The van der Waals surface area contributed by atoms with Crippen molar-refractivity contribution < 1.29 is 5.11 Å². The molecule has 1 heterocycles. The molecular formula is C14H18ClN3OS. The topological polar surface area (TPSA) is 58.0 Å². The van der Waals surface area contributed by atoms with E-state index in [9.17, 15) is 5.11 Å². The normalized spacial score (nSPS) is 14.3. The molecule has 108 valence electrons. The highest BCUT2D eigenvalue weighted by Gasteiger charge is 2.25. The Labute approximate surface area is 128 Å². The molecule has 0 fully saturated rings. The predicted octanol–water partition coefficient (Wildman–Crippen LogP) is 3.63. The quantitative estimate of drug-likeness (QED) is 0.885. The van der Waals surface area contributed by atoms with Crippen molar-refractivity contribution in [2.24, 2.45) is 0 Å². The highest BCUT2D eigenvalue weighted by atomic mass is 35.5. The van der Waals surface area contributed by atoms with Crippen LogP contribution in [0.4, 0.5) is 5.13 Å². The molecule has 0 saturated carbocycles. The molecule has 0 aliphatic heterocycles. The molecule has 1 unspecified atom stereocenters. The molecule has 0 radical (unpaired) electrons. The third-order valence-corrected chi connectivity index (χ3v) is 4.01. The van der Waals surface area contributed by atoms with Crippen LogP contribution < -0.4 is 5.32 Å². The summed E-state index contributed by atoms with van der Waals surface area (Å²) < 4.78 is 4.27. The van der Waals surface area contributed by atoms with Gasteiger partial charge in [-0.05, 0) is 13.0 Å². The van der Waals surface area contributed by atoms with Gasteiger partial charge in [0.25, 0.3) is 0 Å². The summed E-state index contributed by atoms with van der Waals surface area (Å²) in [5.41, 5.74) is -0.370. The SMILES string of the molecule is CC(C)c1nsc(NCC(C)(O)c2ccccc2Cl)n1. The van der Waals surface area contributed by atoms with E-state index in [1.165, 1.54) is 11.5 Å². The number of benzene rings is 1. The van der Waals surface area contributed by atoms with E-state index in [0.717, 1.165) is 5.82 Å². The maximum atomic E-state index is 10.6. The monoisotopic (exact) mass is 311 g/mol. The van der Waals surface area contributed by atoms with Crippen LogP contribution >= 0.6 is 23.1 Å². The van der Waals surface area contributed by atoms with E-state index in [0.29, 0.717) is 28.2 Å². The number of nitrogens with one attached hydrogen (secondary N) is 1. The lowest BCUT2D eigenvalue weighted by molar-refractivity contribution is 0.0716. The van der Waals surface area contributed by atoms with Gasteiger partial charge >= 0.3 is 0 Å². The van der Waals surface area contributed by atoms with Gasteiger partial charge < -0.3 is 10.4 Å². The molecule has 0 aliphatic carbocycles. The second-order valence-electron chi connectivity index (χ2n) is 5.22. The van der Waals surface area contributed by atoms with Crippen LogP contribution in [0.3, 0.4) is 0 Å². The number of hydrogen-bond acceptors (Lipinski definition) is 5. The third kappa shape index (κ3) is 3.48. The zero-order valence-corrected chi connectivity index (χ0v) is 13.3. The fourth-order valence-corrected chi connectivity index (χ4v) is 2.82. The molecular weight excluding hydrogens is 294 g/mol. The van der Waals surface area contributed by atoms with E-state index in [1.807, 2.05) is 32.0 Å². The largest absolute Gasteiger partial charge is 0.384 e. The molecule has 0 spiro atoms. The first kappa shape index (κ1) is 15.2. The van der Waals surface area contributed by atoms with Gasteiger partial charge in [-0.2, -0.15) is 4.37 Å². The lowest BCUT2D eigenvalue weighted by atomic mass is 9.96. The highest BCUT2D eigenvalue weighted by Crippen LogP contribution is 2.28. The molecule has 4 nitrogen and oxygen atoms in total. The van der Waals surface area contributed by atoms with Gasteiger partial charge in [-0.25, -0.2) is 4.98 Å². The van der Waals surface area contributed by atoms with Gasteiger partial charge in [0, 0.05) is 34.6 Å². The Hall–Kier alpha value is -1.17. The van der Waals surface area contributed by atoms with Crippen molar-refractivity contribution in [1.82, 2.24) is 9.36 Å². The molecule has 1 atom stereocenters. The Morgan fingerprint density at radius 2 is 2.10 bits per heavy atom. The average Bonchev–Trinajstić information content (AvgIpc) is 2.86. The summed E-state index contributed by atoms with van der Waals surface area (Å²) in [5.74, 6) is 1.11. The van der Waals surface area contributed by atoms with Crippen LogP contribution in [0.5, 0.6) is 0 Å². The van der Waals surface area contributed by atoms with Crippen LogP contribution in [0.1, 0.15) is 38.1 Å². The summed E-state index contributed by atoms with van der Waals surface area (Å²) in [6.07, 6.45) is 0. The number of anilines is 1. The number of halogens is 1. The van der Waals surface area contributed by atoms with E-state index in [1.54, 1.807) is 13.0 Å². The molecule has 0 amide bonds. The standard InChI is InChI=1S/C14H18ClN3OS/c1-9(2)12-17-13(20-18-12)16-8-14(3,19)10-6-4-5-7-11(10)15/h4-7,9,19H,8H2,1-3H3,(H,16,17,18). The van der Waals surface area contributed by atoms with Crippen LogP contribution in [0.15, 0.2) is 24.3 Å². The van der Waals surface area contributed by atoms with Gasteiger partial charge in [0.2, 0.25) is 5.13 Å². The maximum absolute atomic E-state index is 10.6. The minimum atomic E-state index is -1.07. The average molecular weight is 312 g/mol. The summed E-state index contributed by atoms with van der Waals surface area (Å²) in [6, 6.07) is 7.29. The minimum Gasteiger partial charge on any atom is -0.384 e. The minimum absolute atomic E-state index is 0.297. The van der Waals surface area contributed by atoms with Crippen LogP contribution in [0, 0.1) is 0 Å². The van der Waals surface area contributed by atoms with Crippen molar-refractivity contribution in [2.45, 2.75) is 32.3 Å². The first-order chi connectivity index (χ1) is 9.40. The molecule has 0 aliphatic rings. The lowest BCUT2D eigenvalue weighted by Crippen LogP contribution is -2.31. The number of nitrogens with zero attached hydrogens (tertiary/aromatic N) is 2. The van der Waals surface area contributed by atoms with Gasteiger partial charge in [-0.15, -0.1) is 0 Å². The summed E-state index contributed by atoms with van der Waals surface area (Å²) >= 11 is 7.42. The second kappa shape index (κ2) is 6.08. The third-order valence-electron chi connectivity index (χ3n) is 3.00. The molecule has 1 aromatic heterocycles. The van der Waals surface area contributed by atoms with Crippen molar-refractivity contribution in [3.05, 3.63) is 40.7 Å². The van der Waals surface area contributed by atoms with E-state index >= 15 is 0 Å². The summed E-state index contributed by atoms with van der Waals surface area (Å²) in [4.78, 5) is 4.38. The predicted molar refractivity (Wildman–Crippen MR) is 83.5 cm³/mol. The fraction of sp³-hybridized carbons (Fsp3) is 0.429. The lowest BCUT2D eigenvalue weighted by Gasteiger charge is -2.25. The number of rotatable bonds is 5. The summed E-state index contributed by atoms with van der Waals surface area (Å²) in [6.45, 7) is 6.15. The number of hydrogen-bond donors (Lipinski definition) is 2. The zero-order valence-electron chi connectivity index (χ0n) is 11.7. The van der Waals surface area contributed by atoms with E-state index in [-0.39, 0.29) is 0 Å². The maximum Gasteiger partial charge on any atom is 0.202 e. The van der Waals surface area contributed by atoms with Gasteiger partial charge in [-0.1, -0.05) is 43.6 Å². The van der Waals surface area contributed by atoms with Crippen molar-refractivity contribution in [1.29, 1.82) is 0 Å². The van der Waals surface area contributed by atoms with E-state index in [2.05, 4.69) is 14.7 Å². The van der Waals surface area contributed by atoms with Gasteiger partial charge in [-0.3, -0.25) is 0 Å². The van der Waals surface area contributed by atoms with Crippen molar-refractivity contribution >= 4 is 28.3 Å². The van der Waals surface area contributed by atoms with Crippen molar-refractivity contribution in [3.8, 4) is 0 Å². The summed E-state index contributed by atoms with van der Waals surface area (Å²) in [5, 5.41) is 14.9. The Balaban J connectivity index is 2.07. The molecule has 0 saturated heterocycles. The molecule has 2 aromatic rings. The smallest absolute Gasteiger partial charge is 0.202 e. The number of aliphatic hydroxyl groups is 1. The van der Waals surface area contributed by atoms with Crippen molar-refractivity contribution in [3.63, 3.8) is 0 Å². The Bertz CT molecular complexity index is 583. The summed E-state index contributed by atoms with van der Waals surface area (Å²) in [7, 11) is 0. The van der Waals surface area contributed by atoms with Gasteiger partial charge in [0.15, 0.2) is 0 Å². The Kier molecular flexibility index (Phi) is 4.62. The molecule has 6 heteroatoms. The number of aromatic nitrogens is 2. The van der Waals surface area contributed by atoms with Crippen LogP contribution in [-0.2, 0) is 5.60 Å². The molecule has 2 N–H and O–H groups in total. The molecule has 1 aromatic carbocycles. The van der Waals surface area contributed by atoms with Crippen LogP contribution in [0.25, 0.3) is 0 Å². The first-order valence-electron chi connectivity index (χ1n) is 6.45. The van der Waals surface area contributed by atoms with Gasteiger partial charge in [0.1, 0.15) is 11.4 Å².